The van der Waals surface area contributed by atoms with Crippen LogP contribution in [0.15, 0.2) is 46.9 Å². The first-order valence-corrected chi connectivity index (χ1v) is 9.39. The Hall–Kier alpha value is -2.58. The zero-order chi connectivity index (χ0) is 20.5. The molecule has 148 valence electrons. The van der Waals surface area contributed by atoms with Crippen molar-refractivity contribution in [2.75, 3.05) is 24.4 Å². The van der Waals surface area contributed by atoms with Crippen molar-refractivity contribution in [1.29, 1.82) is 0 Å². The molecule has 28 heavy (non-hydrogen) atoms. The summed E-state index contributed by atoms with van der Waals surface area (Å²) >= 11 is 9.27. The number of halogens is 2. The molecule has 0 heterocycles. The number of anilines is 2. The molecule has 2 aromatic carbocycles. The number of methoxy groups -OCH3 is 1. The van der Waals surface area contributed by atoms with Gasteiger partial charge in [-0.3, -0.25) is 14.4 Å². The van der Waals surface area contributed by atoms with Gasteiger partial charge in [0.25, 0.3) is 5.91 Å². The highest BCUT2D eigenvalue weighted by molar-refractivity contribution is 9.10. The Bertz CT molecular complexity index is 875. The highest BCUT2D eigenvalue weighted by Gasteiger charge is 2.13. The molecular weight excluding hydrogens is 452 g/mol. The predicted octanol–water partition coefficient (Wildman–Crippen LogP) is 4.01. The van der Waals surface area contributed by atoms with Crippen molar-refractivity contribution >= 4 is 56.7 Å². The first kappa shape index (κ1) is 21.7. The number of carbonyl (C=O) groups is 3. The zero-order valence-electron chi connectivity index (χ0n) is 15.0. The second kappa shape index (κ2) is 10.7. The van der Waals surface area contributed by atoms with Gasteiger partial charge in [-0.15, -0.1) is 0 Å². The molecule has 2 N–H and O–H groups in total. The molecule has 0 aliphatic carbocycles. The van der Waals surface area contributed by atoms with Crippen LogP contribution in [-0.2, 0) is 19.1 Å². The van der Waals surface area contributed by atoms with Crippen LogP contribution >= 0.6 is 27.5 Å². The van der Waals surface area contributed by atoms with Crippen LogP contribution in [0.1, 0.15) is 12.8 Å². The fraction of sp³-hybridized carbons (Fsp3) is 0.211. The van der Waals surface area contributed by atoms with Gasteiger partial charge in [-0.05, 0) is 30.3 Å². The van der Waals surface area contributed by atoms with E-state index in [4.69, 9.17) is 21.1 Å². The zero-order valence-corrected chi connectivity index (χ0v) is 17.3. The van der Waals surface area contributed by atoms with Gasteiger partial charge in [0.1, 0.15) is 5.75 Å². The third kappa shape index (κ3) is 6.86. The highest BCUT2D eigenvalue weighted by Crippen LogP contribution is 2.25. The summed E-state index contributed by atoms with van der Waals surface area (Å²) in [7, 11) is 1.49. The van der Waals surface area contributed by atoms with Crippen LogP contribution in [0.3, 0.4) is 0 Å². The second-order valence-corrected chi connectivity index (χ2v) is 6.90. The van der Waals surface area contributed by atoms with Gasteiger partial charge in [-0.1, -0.05) is 39.7 Å². The third-order valence-electron chi connectivity index (χ3n) is 3.51. The summed E-state index contributed by atoms with van der Waals surface area (Å²) in [6.07, 6.45) is -0.246. The van der Waals surface area contributed by atoms with Crippen molar-refractivity contribution in [3.05, 3.63) is 52.0 Å². The van der Waals surface area contributed by atoms with E-state index < -0.39 is 18.5 Å². The van der Waals surface area contributed by atoms with Gasteiger partial charge < -0.3 is 20.1 Å². The molecule has 0 radical (unpaired) electrons. The molecule has 2 aromatic rings. The van der Waals surface area contributed by atoms with Gasteiger partial charge in [0, 0.05) is 10.9 Å². The predicted molar refractivity (Wildman–Crippen MR) is 110 cm³/mol. The van der Waals surface area contributed by atoms with E-state index in [1.54, 1.807) is 42.5 Å². The third-order valence-corrected chi connectivity index (χ3v) is 4.31. The van der Waals surface area contributed by atoms with Gasteiger partial charge in [0.2, 0.25) is 5.91 Å². The van der Waals surface area contributed by atoms with Gasteiger partial charge in [-0.2, -0.15) is 0 Å². The van der Waals surface area contributed by atoms with Crippen LogP contribution in [0.4, 0.5) is 11.4 Å². The number of rotatable bonds is 8. The number of hydrogen-bond acceptors (Lipinski definition) is 5. The van der Waals surface area contributed by atoms with E-state index in [0.29, 0.717) is 22.1 Å². The largest absolute Gasteiger partial charge is 0.495 e. The van der Waals surface area contributed by atoms with E-state index in [1.807, 2.05) is 0 Å². The smallest absolute Gasteiger partial charge is 0.306 e. The maximum atomic E-state index is 12.0. The average Bonchev–Trinajstić information content (AvgIpc) is 2.67. The van der Waals surface area contributed by atoms with Crippen molar-refractivity contribution in [1.82, 2.24) is 0 Å². The summed E-state index contributed by atoms with van der Waals surface area (Å²) in [4.78, 5) is 35.6. The number of benzene rings is 2. The molecule has 0 saturated carbocycles. The monoisotopic (exact) mass is 468 g/mol. The van der Waals surface area contributed by atoms with E-state index in [1.165, 1.54) is 7.11 Å². The summed E-state index contributed by atoms with van der Waals surface area (Å²) in [6.45, 7) is -0.473. The molecule has 0 aliphatic heterocycles. The maximum absolute atomic E-state index is 12.0. The minimum absolute atomic E-state index is 0.0863. The number of nitrogens with one attached hydrogen (secondary N) is 2. The Balaban J connectivity index is 1.73. The molecule has 0 aliphatic rings. The maximum Gasteiger partial charge on any atom is 0.306 e. The number of esters is 1. The number of amides is 2. The van der Waals surface area contributed by atoms with Crippen molar-refractivity contribution in [2.24, 2.45) is 0 Å². The lowest BCUT2D eigenvalue weighted by Crippen LogP contribution is -2.22. The van der Waals surface area contributed by atoms with Crippen LogP contribution in [0.5, 0.6) is 5.75 Å². The van der Waals surface area contributed by atoms with Gasteiger partial charge in [0.05, 0.1) is 29.9 Å². The molecule has 0 spiro atoms. The molecule has 7 nitrogen and oxygen atoms in total. The lowest BCUT2D eigenvalue weighted by Gasteiger charge is -2.10. The first-order chi connectivity index (χ1) is 13.4. The quantitative estimate of drug-likeness (QED) is 0.570. The van der Waals surface area contributed by atoms with Gasteiger partial charge in [0.15, 0.2) is 6.61 Å². The summed E-state index contributed by atoms with van der Waals surface area (Å²) in [5.41, 5.74) is 0.913. The number of carbonyl (C=O) groups excluding carboxylic acids is 3. The number of hydrogen-bond donors (Lipinski definition) is 2. The summed E-state index contributed by atoms with van der Waals surface area (Å²) in [6, 6.07) is 11.9. The Morgan fingerprint density at radius 3 is 2.43 bits per heavy atom. The molecule has 0 bridgehead atoms. The lowest BCUT2D eigenvalue weighted by atomic mass is 10.2. The number of ether oxygens (including phenoxy) is 2. The first-order valence-electron chi connectivity index (χ1n) is 8.22. The molecule has 2 amide bonds. The van der Waals surface area contributed by atoms with E-state index in [2.05, 4.69) is 26.6 Å². The average molecular weight is 470 g/mol. The van der Waals surface area contributed by atoms with Crippen molar-refractivity contribution in [3.8, 4) is 5.75 Å². The van der Waals surface area contributed by atoms with E-state index in [0.717, 1.165) is 4.47 Å². The van der Waals surface area contributed by atoms with E-state index >= 15 is 0 Å². The Labute approximate surface area is 175 Å². The normalized spacial score (nSPS) is 10.1. The van der Waals surface area contributed by atoms with Crippen LogP contribution < -0.4 is 15.4 Å². The Kier molecular flexibility index (Phi) is 8.28. The molecule has 0 atom stereocenters. The fourth-order valence-electron chi connectivity index (χ4n) is 2.17. The standard InChI is InChI=1S/C19H18BrClN2O5/c1-27-16-5-3-2-4-15(16)23-17(24)8-9-19(26)28-11-18(25)22-14-7-6-12(20)10-13(14)21/h2-7,10H,8-9,11H2,1H3,(H,22,25)(H,23,24). The van der Waals surface area contributed by atoms with E-state index in [9.17, 15) is 14.4 Å². The Morgan fingerprint density at radius 2 is 1.71 bits per heavy atom. The van der Waals surface area contributed by atoms with Crippen molar-refractivity contribution in [3.63, 3.8) is 0 Å². The SMILES string of the molecule is COc1ccccc1NC(=O)CCC(=O)OCC(=O)Nc1ccc(Br)cc1Cl. The molecule has 0 aromatic heterocycles. The minimum atomic E-state index is -0.660. The molecule has 0 fully saturated rings. The van der Waals surface area contributed by atoms with E-state index in [-0.39, 0.29) is 18.7 Å². The van der Waals surface area contributed by atoms with Crippen LogP contribution in [-0.4, -0.2) is 31.5 Å². The Morgan fingerprint density at radius 1 is 1.00 bits per heavy atom. The number of para-hydroxylation sites is 2. The van der Waals surface area contributed by atoms with Crippen LogP contribution in [0.2, 0.25) is 5.02 Å². The lowest BCUT2D eigenvalue weighted by molar-refractivity contribution is -0.147. The molecule has 0 saturated heterocycles. The van der Waals surface area contributed by atoms with Crippen LogP contribution in [0.25, 0.3) is 0 Å². The second-order valence-electron chi connectivity index (χ2n) is 5.58. The highest BCUT2D eigenvalue weighted by atomic mass is 79.9. The topological polar surface area (TPSA) is 93.7 Å². The molecule has 0 unspecified atom stereocenters. The molecular formula is C19H18BrClN2O5. The van der Waals surface area contributed by atoms with Gasteiger partial charge >= 0.3 is 5.97 Å². The summed E-state index contributed by atoms with van der Waals surface area (Å²) in [5, 5.41) is 5.55. The summed E-state index contributed by atoms with van der Waals surface area (Å²) < 4.78 is 10.8. The summed E-state index contributed by atoms with van der Waals surface area (Å²) in [5.74, 6) is -1.04. The van der Waals surface area contributed by atoms with Crippen molar-refractivity contribution < 1.29 is 23.9 Å². The van der Waals surface area contributed by atoms with Gasteiger partial charge in [-0.25, -0.2) is 0 Å². The molecule has 2 rings (SSSR count). The van der Waals surface area contributed by atoms with Crippen LogP contribution in [0, 0.1) is 0 Å². The molecule has 9 heteroatoms. The fourth-order valence-corrected chi connectivity index (χ4v) is 2.89. The minimum Gasteiger partial charge on any atom is -0.495 e. The van der Waals surface area contributed by atoms with Crippen molar-refractivity contribution in [2.45, 2.75) is 12.8 Å².